The summed E-state index contributed by atoms with van der Waals surface area (Å²) in [6.07, 6.45) is 5.43. The summed E-state index contributed by atoms with van der Waals surface area (Å²) in [6.45, 7) is 4.68. The van der Waals surface area contributed by atoms with Gasteiger partial charge in [-0.15, -0.1) is 12.4 Å². The van der Waals surface area contributed by atoms with Crippen molar-refractivity contribution in [2.75, 3.05) is 13.1 Å². The summed E-state index contributed by atoms with van der Waals surface area (Å²) < 4.78 is 0. The maximum atomic E-state index is 11.8. The standard InChI is InChI=1S/C14H27N3O2.ClH/c1-11(2)5-6-12(18)16-9-13(19)17-14(10-15)7-3-4-8-14;/h11H,3-10,15H2,1-2H3,(H,16,18)(H,17,19);1H. The fraction of sp³-hybridized carbons (Fsp3) is 0.857. The average molecular weight is 306 g/mol. The van der Waals surface area contributed by atoms with E-state index in [0.29, 0.717) is 18.9 Å². The first-order valence-electron chi connectivity index (χ1n) is 7.25. The molecule has 0 saturated heterocycles. The Balaban J connectivity index is 0.00000361. The second-order valence-corrected chi connectivity index (χ2v) is 5.95. The average Bonchev–Trinajstić information content (AvgIpc) is 2.83. The van der Waals surface area contributed by atoms with Gasteiger partial charge in [0.25, 0.3) is 0 Å². The van der Waals surface area contributed by atoms with Gasteiger partial charge in [0.15, 0.2) is 0 Å². The van der Waals surface area contributed by atoms with Crippen LogP contribution in [-0.2, 0) is 9.59 Å². The van der Waals surface area contributed by atoms with Gasteiger partial charge in [0.1, 0.15) is 0 Å². The van der Waals surface area contributed by atoms with Crippen LogP contribution in [0.4, 0.5) is 0 Å². The van der Waals surface area contributed by atoms with Gasteiger partial charge >= 0.3 is 0 Å². The van der Waals surface area contributed by atoms with Crippen molar-refractivity contribution < 1.29 is 9.59 Å². The van der Waals surface area contributed by atoms with Crippen LogP contribution >= 0.6 is 12.4 Å². The Kier molecular flexibility index (Phi) is 8.81. The van der Waals surface area contributed by atoms with Crippen LogP contribution in [0.2, 0.25) is 0 Å². The van der Waals surface area contributed by atoms with Gasteiger partial charge < -0.3 is 16.4 Å². The molecular weight excluding hydrogens is 278 g/mol. The van der Waals surface area contributed by atoms with Crippen LogP contribution in [0.25, 0.3) is 0 Å². The fourth-order valence-electron chi connectivity index (χ4n) is 2.46. The van der Waals surface area contributed by atoms with E-state index in [0.717, 1.165) is 32.1 Å². The zero-order valence-electron chi connectivity index (χ0n) is 12.5. The van der Waals surface area contributed by atoms with Gasteiger partial charge in [0, 0.05) is 13.0 Å². The van der Waals surface area contributed by atoms with Gasteiger partial charge in [-0.3, -0.25) is 9.59 Å². The molecule has 0 spiro atoms. The van der Waals surface area contributed by atoms with Crippen LogP contribution in [0.15, 0.2) is 0 Å². The molecule has 118 valence electrons. The Labute approximate surface area is 127 Å². The van der Waals surface area contributed by atoms with Crippen molar-refractivity contribution in [3.63, 3.8) is 0 Å². The summed E-state index contributed by atoms with van der Waals surface area (Å²) in [5, 5.41) is 5.64. The Morgan fingerprint density at radius 2 is 1.80 bits per heavy atom. The highest BCUT2D eigenvalue weighted by Crippen LogP contribution is 2.28. The first-order chi connectivity index (χ1) is 8.97. The van der Waals surface area contributed by atoms with E-state index >= 15 is 0 Å². The molecule has 0 heterocycles. The number of amides is 2. The Morgan fingerprint density at radius 1 is 1.20 bits per heavy atom. The number of hydrogen-bond acceptors (Lipinski definition) is 3. The number of nitrogens with two attached hydrogens (primary N) is 1. The smallest absolute Gasteiger partial charge is 0.239 e. The Bertz CT molecular complexity index is 316. The van der Waals surface area contributed by atoms with Crippen molar-refractivity contribution in [3.8, 4) is 0 Å². The van der Waals surface area contributed by atoms with Crippen LogP contribution in [0.5, 0.6) is 0 Å². The van der Waals surface area contributed by atoms with E-state index in [1.54, 1.807) is 0 Å². The molecule has 0 atom stereocenters. The lowest BCUT2D eigenvalue weighted by atomic mass is 9.98. The molecule has 0 aromatic heterocycles. The number of rotatable bonds is 7. The summed E-state index contributed by atoms with van der Waals surface area (Å²) in [5.41, 5.74) is 5.52. The highest BCUT2D eigenvalue weighted by molar-refractivity contribution is 5.85. The number of hydrogen-bond donors (Lipinski definition) is 3. The zero-order valence-corrected chi connectivity index (χ0v) is 13.4. The third-order valence-corrected chi connectivity index (χ3v) is 3.75. The molecule has 4 N–H and O–H groups in total. The lowest BCUT2D eigenvalue weighted by Crippen LogP contribution is -2.54. The molecule has 0 bridgehead atoms. The summed E-state index contributed by atoms with van der Waals surface area (Å²) >= 11 is 0. The maximum Gasteiger partial charge on any atom is 0.239 e. The molecule has 2 amide bonds. The molecule has 1 rings (SSSR count). The molecule has 1 fully saturated rings. The van der Waals surface area contributed by atoms with Gasteiger partial charge in [-0.05, 0) is 25.2 Å². The van der Waals surface area contributed by atoms with Crippen LogP contribution < -0.4 is 16.4 Å². The van der Waals surface area contributed by atoms with E-state index in [1.165, 1.54) is 0 Å². The largest absolute Gasteiger partial charge is 0.348 e. The molecule has 20 heavy (non-hydrogen) atoms. The second-order valence-electron chi connectivity index (χ2n) is 5.95. The summed E-state index contributed by atoms with van der Waals surface area (Å²) in [5.74, 6) is 0.306. The minimum Gasteiger partial charge on any atom is -0.348 e. The second kappa shape index (κ2) is 9.19. The molecule has 1 aliphatic rings. The summed E-state index contributed by atoms with van der Waals surface area (Å²) in [6, 6.07) is 0. The van der Waals surface area contributed by atoms with Crippen molar-refractivity contribution in [1.29, 1.82) is 0 Å². The van der Waals surface area contributed by atoms with E-state index in [4.69, 9.17) is 5.73 Å². The highest BCUT2D eigenvalue weighted by Gasteiger charge is 2.33. The van der Waals surface area contributed by atoms with E-state index in [9.17, 15) is 9.59 Å². The molecule has 0 aliphatic heterocycles. The van der Waals surface area contributed by atoms with Crippen LogP contribution in [0.1, 0.15) is 52.4 Å². The molecular formula is C14H28ClN3O2. The van der Waals surface area contributed by atoms with Crippen LogP contribution in [-0.4, -0.2) is 30.4 Å². The molecule has 6 heteroatoms. The monoisotopic (exact) mass is 305 g/mol. The third kappa shape index (κ3) is 6.57. The number of carbonyl (C=O) groups excluding carboxylic acids is 2. The first-order valence-corrected chi connectivity index (χ1v) is 7.25. The molecule has 0 aromatic carbocycles. The summed E-state index contributed by atoms with van der Waals surface area (Å²) in [4.78, 5) is 23.3. The van der Waals surface area contributed by atoms with Crippen LogP contribution in [0.3, 0.4) is 0 Å². The number of nitrogens with one attached hydrogen (secondary N) is 2. The van der Waals surface area contributed by atoms with Gasteiger partial charge in [-0.25, -0.2) is 0 Å². The van der Waals surface area contributed by atoms with Crippen molar-refractivity contribution >= 4 is 24.2 Å². The highest BCUT2D eigenvalue weighted by atomic mass is 35.5. The van der Waals surface area contributed by atoms with Crippen molar-refractivity contribution in [1.82, 2.24) is 10.6 Å². The third-order valence-electron chi connectivity index (χ3n) is 3.75. The van der Waals surface area contributed by atoms with Crippen molar-refractivity contribution in [3.05, 3.63) is 0 Å². The quantitative estimate of drug-likeness (QED) is 0.664. The molecule has 0 unspecified atom stereocenters. The molecule has 0 radical (unpaired) electrons. The van der Waals surface area contributed by atoms with E-state index in [2.05, 4.69) is 24.5 Å². The lowest BCUT2D eigenvalue weighted by molar-refractivity contribution is -0.127. The minimum atomic E-state index is -0.236. The lowest BCUT2D eigenvalue weighted by Gasteiger charge is -2.28. The van der Waals surface area contributed by atoms with E-state index in [1.807, 2.05) is 0 Å². The van der Waals surface area contributed by atoms with Crippen LogP contribution in [0, 0.1) is 5.92 Å². The number of halogens is 1. The number of carbonyl (C=O) groups is 2. The maximum absolute atomic E-state index is 11.8. The van der Waals surface area contributed by atoms with E-state index in [-0.39, 0.29) is 36.3 Å². The predicted octanol–water partition coefficient (Wildman–Crippen LogP) is 1.35. The normalized spacial score (nSPS) is 16.6. The zero-order chi connectivity index (χ0) is 14.3. The minimum absolute atomic E-state index is 0. The Hall–Kier alpha value is -0.810. The van der Waals surface area contributed by atoms with E-state index < -0.39 is 0 Å². The van der Waals surface area contributed by atoms with Crippen molar-refractivity contribution in [2.24, 2.45) is 11.7 Å². The topological polar surface area (TPSA) is 84.2 Å². The molecule has 1 aliphatic carbocycles. The fourth-order valence-corrected chi connectivity index (χ4v) is 2.46. The summed E-state index contributed by atoms with van der Waals surface area (Å²) in [7, 11) is 0. The van der Waals surface area contributed by atoms with Gasteiger partial charge in [0.2, 0.25) is 11.8 Å². The first kappa shape index (κ1) is 19.2. The Morgan fingerprint density at radius 3 is 2.30 bits per heavy atom. The molecule has 5 nitrogen and oxygen atoms in total. The van der Waals surface area contributed by atoms with Gasteiger partial charge in [0.05, 0.1) is 12.1 Å². The predicted molar refractivity (Wildman–Crippen MR) is 82.7 cm³/mol. The molecule has 1 saturated carbocycles. The van der Waals surface area contributed by atoms with Gasteiger partial charge in [-0.1, -0.05) is 26.7 Å². The molecule has 0 aromatic rings. The SMILES string of the molecule is CC(C)CCC(=O)NCC(=O)NC1(CN)CCCC1.Cl. The van der Waals surface area contributed by atoms with Crippen molar-refractivity contribution in [2.45, 2.75) is 57.9 Å². The van der Waals surface area contributed by atoms with Gasteiger partial charge in [-0.2, -0.15) is 0 Å².